The topological polar surface area (TPSA) is 49.2 Å². The number of hydrogen-bond acceptors (Lipinski definition) is 4. The molecule has 0 aromatic carbocycles. The first kappa shape index (κ1) is 12.1. The average Bonchev–Trinajstić information content (AvgIpc) is 2.30. The minimum absolute atomic E-state index is 0.120. The molecular formula is C10H12F3N3O. The molecule has 1 saturated heterocycles. The molecule has 7 heteroatoms. The summed E-state index contributed by atoms with van der Waals surface area (Å²) in [5.41, 5.74) is -2.56. The summed E-state index contributed by atoms with van der Waals surface area (Å²) >= 11 is 0. The van der Waals surface area contributed by atoms with E-state index in [0.717, 1.165) is 0 Å². The number of rotatable bonds is 1. The van der Waals surface area contributed by atoms with Gasteiger partial charge in [0.25, 0.3) is 0 Å². The molecule has 0 saturated carbocycles. The van der Waals surface area contributed by atoms with Gasteiger partial charge in [0, 0.05) is 32.1 Å². The van der Waals surface area contributed by atoms with Gasteiger partial charge >= 0.3 is 6.18 Å². The first-order valence-corrected chi connectivity index (χ1v) is 5.24. The monoisotopic (exact) mass is 247 g/mol. The van der Waals surface area contributed by atoms with Crippen molar-refractivity contribution in [1.29, 1.82) is 0 Å². The second-order valence-electron chi connectivity index (χ2n) is 4.10. The second-order valence-corrected chi connectivity index (χ2v) is 4.10. The molecule has 4 nitrogen and oxygen atoms in total. The zero-order chi connectivity index (χ0) is 12.5. The number of aliphatic hydroxyl groups is 1. The van der Waals surface area contributed by atoms with Crippen LogP contribution in [0.25, 0.3) is 0 Å². The number of alkyl halides is 3. The van der Waals surface area contributed by atoms with Crippen LogP contribution in [0.4, 0.5) is 19.0 Å². The second kappa shape index (κ2) is 4.14. The molecule has 0 atom stereocenters. The minimum atomic E-state index is -4.57. The van der Waals surface area contributed by atoms with Crippen molar-refractivity contribution >= 4 is 5.82 Å². The Labute approximate surface area is 96.1 Å². The van der Waals surface area contributed by atoms with Crippen molar-refractivity contribution < 1.29 is 18.3 Å². The number of aromatic nitrogens is 2. The summed E-state index contributed by atoms with van der Waals surface area (Å²) < 4.78 is 37.7. The lowest BCUT2D eigenvalue weighted by Crippen LogP contribution is -2.53. The van der Waals surface area contributed by atoms with Gasteiger partial charge in [-0.2, -0.15) is 18.3 Å². The highest BCUT2D eigenvalue weighted by molar-refractivity contribution is 5.37. The zero-order valence-electron chi connectivity index (χ0n) is 8.98. The van der Waals surface area contributed by atoms with Gasteiger partial charge in [-0.15, -0.1) is 5.10 Å². The van der Waals surface area contributed by atoms with Crippen molar-refractivity contribution in [2.45, 2.75) is 24.6 Å². The Balaban J connectivity index is 2.04. The van der Waals surface area contributed by atoms with Crippen LogP contribution < -0.4 is 4.90 Å². The molecule has 1 aromatic rings. The molecule has 1 aromatic heterocycles. The van der Waals surface area contributed by atoms with Crippen molar-refractivity contribution in [3.8, 4) is 0 Å². The molecule has 0 aliphatic carbocycles. The Kier molecular flexibility index (Phi) is 2.94. The van der Waals surface area contributed by atoms with Gasteiger partial charge in [-0.25, -0.2) is 0 Å². The normalized spacial score (nSPS) is 20.4. The molecule has 1 aliphatic heterocycles. The van der Waals surface area contributed by atoms with Crippen LogP contribution in [0.1, 0.15) is 12.8 Å². The van der Waals surface area contributed by atoms with E-state index in [2.05, 4.69) is 10.2 Å². The average molecular weight is 247 g/mol. The Morgan fingerprint density at radius 2 is 1.94 bits per heavy atom. The Morgan fingerprint density at radius 3 is 2.41 bits per heavy atom. The molecule has 2 rings (SSSR count). The van der Waals surface area contributed by atoms with E-state index >= 15 is 0 Å². The van der Waals surface area contributed by atoms with Crippen LogP contribution >= 0.6 is 0 Å². The van der Waals surface area contributed by atoms with E-state index in [1.165, 1.54) is 6.20 Å². The molecule has 0 radical (unpaired) electrons. The molecule has 0 unspecified atom stereocenters. The van der Waals surface area contributed by atoms with Gasteiger partial charge in [0.05, 0.1) is 0 Å². The third-order valence-electron chi connectivity index (χ3n) is 3.00. The van der Waals surface area contributed by atoms with Gasteiger partial charge in [-0.1, -0.05) is 0 Å². The number of anilines is 1. The highest BCUT2D eigenvalue weighted by Gasteiger charge is 2.54. The molecule has 1 N–H and O–H groups in total. The molecule has 0 bridgehead atoms. The fraction of sp³-hybridized carbons (Fsp3) is 0.600. The van der Waals surface area contributed by atoms with E-state index < -0.39 is 11.8 Å². The molecule has 94 valence electrons. The lowest BCUT2D eigenvalue weighted by Gasteiger charge is -2.39. The Morgan fingerprint density at radius 1 is 1.29 bits per heavy atom. The summed E-state index contributed by atoms with van der Waals surface area (Å²) in [6.45, 7) is 0.239. The van der Waals surface area contributed by atoms with Gasteiger partial charge in [-0.05, 0) is 12.1 Å². The van der Waals surface area contributed by atoms with E-state index in [4.69, 9.17) is 0 Å². The van der Waals surface area contributed by atoms with Crippen molar-refractivity contribution in [1.82, 2.24) is 10.2 Å². The maximum Gasteiger partial charge on any atom is 0.417 e. The minimum Gasteiger partial charge on any atom is -0.380 e. The number of halogens is 3. The highest BCUT2D eigenvalue weighted by atomic mass is 19.4. The molecule has 1 fully saturated rings. The summed E-state index contributed by atoms with van der Waals surface area (Å²) in [6.07, 6.45) is -3.75. The predicted molar refractivity (Wildman–Crippen MR) is 54.5 cm³/mol. The molecule has 2 heterocycles. The Bertz CT molecular complexity index is 374. The first-order valence-electron chi connectivity index (χ1n) is 5.24. The lowest BCUT2D eigenvalue weighted by molar-refractivity contribution is -0.266. The Hall–Kier alpha value is -1.37. The largest absolute Gasteiger partial charge is 0.417 e. The van der Waals surface area contributed by atoms with Crippen LogP contribution in [0.5, 0.6) is 0 Å². The van der Waals surface area contributed by atoms with Crippen LogP contribution in [0.15, 0.2) is 18.3 Å². The first-order chi connectivity index (χ1) is 7.92. The van der Waals surface area contributed by atoms with Crippen molar-refractivity contribution in [2.75, 3.05) is 18.0 Å². The summed E-state index contributed by atoms with van der Waals surface area (Å²) in [7, 11) is 0. The lowest BCUT2D eigenvalue weighted by atomic mass is 9.91. The van der Waals surface area contributed by atoms with Gasteiger partial charge in [0.1, 0.15) is 0 Å². The maximum atomic E-state index is 12.6. The van der Waals surface area contributed by atoms with Gasteiger partial charge < -0.3 is 10.0 Å². The quantitative estimate of drug-likeness (QED) is 0.814. The number of hydrogen-bond donors (Lipinski definition) is 1. The summed E-state index contributed by atoms with van der Waals surface area (Å²) in [5, 5.41) is 17.0. The van der Waals surface area contributed by atoms with Crippen LogP contribution in [0, 0.1) is 0 Å². The smallest absolute Gasteiger partial charge is 0.380 e. The van der Waals surface area contributed by atoms with E-state index in [-0.39, 0.29) is 25.9 Å². The molecule has 0 amide bonds. The summed E-state index contributed by atoms with van der Waals surface area (Å²) in [6, 6.07) is 3.36. The van der Waals surface area contributed by atoms with Crippen LogP contribution in [0.3, 0.4) is 0 Å². The maximum absolute atomic E-state index is 12.6. The fourth-order valence-corrected chi connectivity index (χ4v) is 1.85. The van der Waals surface area contributed by atoms with Crippen molar-refractivity contribution in [3.63, 3.8) is 0 Å². The SMILES string of the molecule is OC1(C(F)(F)F)CCN(c2cccnn2)CC1. The van der Waals surface area contributed by atoms with Crippen LogP contribution in [0.2, 0.25) is 0 Å². The number of piperidine rings is 1. The standard InChI is InChI=1S/C10H12F3N3O/c11-10(12,13)9(17)3-6-16(7-4-9)8-2-1-5-14-15-8/h1-2,5,17H,3-4,6-7H2. The van der Waals surface area contributed by atoms with Crippen molar-refractivity contribution in [3.05, 3.63) is 18.3 Å². The molecule has 1 aliphatic rings. The van der Waals surface area contributed by atoms with Crippen LogP contribution in [-0.4, -0.2) is 40.2 Å². The number of nitrogens with zero attached hydrogens (tertiary/aromatic N) is 3. The van der Waals surface area contributed by atoms with E-state index in [1.54, 1.807) is 17.0 Å². The van der Waals surface area contributed by atoms with Gasteiger partial charge in [0.15, 0.2) is 11.4 Å². The summed E-state index contributed by atoms with van der Waals surface area (Å²) in [5.74, 6) is 0.539. The zero-order valence-corrected chi connectivity index (χ0v) is 8.98. The fourth-order valence-electron chi connectivity index (χ4n) is 1.85. The third kappa shape index (κ3) is 2.33. The molecule has 17 heavy (non-hydrogen) atoms. The van der Waals surface area contributed by atoms with E-state index in [9.17, 15) is 18.3 Å². The van der Waals surface area contributed by atoms with Crippen LogP contribution in [-0.2, 0) is 0 Å². The van der Waals surface area contributed by atoms with Crippen molar-refractivity contribution in [2.24, 2.45) is 0 Å². The predicted octanol–water partition coefficient (Wildman–Crippen LogP) is 1.37. The van der Waals surface area contributed by atoms with Gasteiger partial charge in [0.2, 0.25) is 0 Å². The molecular weight excluding hydrogens is 235 g/mol. The third-order valence-corrected chi connectivity index (χ3v) is 3.00. The molecule has 0 spiro atoms. The van der Waals surface area contributed by atoms with Gasteiger partial charge in [-0.3, -0.25) is 0 Å². The van der Waals surface area contributed by atoms with E-state index in [1.807, 2.05) is 0 Å². The summed E-state index contributed by atoms with van der Waals surface area (Å²) in [4.78, 5) is 1.69. The highest BCUT2D eigenvalue weighted by Crippen LogP contribution is 2.38. The van der Waals surface area contributed by atoms with E-state index in [0.29, 0.717) is 5.82 Å².